The second kappa shape index (κ2) is 6.84. The second-order valence-electron chi connectivity index (χ2n) is 6.10. The van der Waals surface area contributed by atoms with E-state index >= 15 is 0 Å². The fraction of sp³-hybridized carbons (Fsp3) is 0.647. The summed E-state index contributed by atoms with van der Waals surface area (Å²) in [6.07, 6.45) is 3.98. The molecule has 1 aromatic carbocycles. The van der Waals surface area contributed by atoms with Crippen molar-refractivity contribution in [3.05, 3.63) is 35.4 Å². The predicted molar refractivity (Wildman–Crippen MR) is 80.1 cm³/mol. The molecule has 0 saturated heterocycles. The lowest BCUT2D eigenvalue weighted by Gasteiger charge is -2.45. The summed E-state index contributed by atoms with van der Waals surface area (Å²) in [6, 6.07) is 3.52. The van der Waals surface area contributed by atoms with Crippen molar-refractivity contribution in [1.29, 1.82) is 0 Å². The van der Waals surface area contributed by atoms with Crippen LogP contribution in [0.25, 0.3) is 0 Å². The highest BCUT2D eigenvalue weighted by Crippen LogP contribution is 2.43. The first-order valence-electron chi connectivity index (χ1n) is 7.78. The van der Waals surface area contributed by atoms with Crippen LogP contribution >= 0.6 is 0 Å². The molecule has 0 spiro atoms. The van der Waals surface area contributed by atoms with Crippen LogP contribution in [-0.2, 0) is 4.74 Å². The summed E-state index contributed by atoms with van der Waals surface area (Å²) in [6.45, 7) is 4.81. The molecule has 1 N–H and O–H groups in total. The largest absolute Gasteiger partial charge is 0.373 e. The summed E-state index contributed by atoms with van der Waals surface area (Å²) in [5.74, 6) is -0.400. The van der Waals surface area contributed by atoms with Crippen LogP contribution in [0.5, 0.6) is 0 Å². The zero-order valence-corrected chi connectivity index (χ0v) is 13.1. The van der Waals surface area contributed by atoms with E-state index in [-0.39, 0.29) is 11.6 Å². The van der Waals surface area contributed by atoms with Crippen LogP contribution in [0.2, 0.25) is 0 Å². The van der Waals surface area contributed by atoms with E-state index in [0.29, 0.717) is 18.1 Å². The quantitative estimate of drug-likeness (QED) is 0.879. The Morgan fingerprint density at radius 3 is 2.29 bits per heavy atom. The Morgan fingerprint density at radius 1 is 1.24 bits per heavy atom. The number of halogens is 2. The fourth-order valence-corrected chi connectivity index (χ4v) is 3.53. The monoisotopic (exact) mass is 297 g/mol. The molecular formula is C17H25F2NO. The fourth-order valence-electron chi connectivity index (χ4n) is 3.53. The SMILES string of the molecule is CCOC1(C(NC)c2cc(F)cc(F)c2)CCC(C)CC1. The Kier molecular flexibility index (Phi) is 5.33. The molecule has 0 aromatic heterocycles. The highest BCUT2D eigenvalue weighted by atomic mass is 19.1. The number of ether oxygens (including phenoxy) is 1. The molecule has 21 heavy (non-hydrogen) atoms. The van der Waals surface area contributed by atoms with Crippen LogP contribution in [0.4, 0.5) is 8.78 Å². The van der Waals surface area contributed by atoms with E-state index in [4.69, 9.17) is 4.74 Å². The van der Waals surface area contributed by atoms with Crippen LogP contribution in [0.1, 0.15) is 51.1 Å². The molecule has 0 heterocycles. The van der Waals surface area contributed by atoms with Crippen molar-refractivity contribution in [2.75, 3.05) is 13.7 Å². The van der Waals surface area contributed by atoms with Crippen molar-refractivity contribution in [2.24, 2.45) is 5.92 Å². The van der Waals surface area contributed by atoms with Crippen LogP contribution in [0.3, 0.4) is 0 Å². The van der Waals surface area contributed by atoms with Crippen molar-refractivity contribution < 1.29 is 13.5 Å². The topological polar surface area (TPSA) is 21.3 Å². The molecule has 1 saturated carbocycles. The molecule has 0 aliphatic heterocycles. The van der Waals surface area contributed by atoms with Crippen molar-refractivity contribution >= 4 is 0 Å². The molecule has 1 fully saturated rings. The third-order valence-corrected chi connectivity index (χ3v) is 4.59. The van der Waals surface area contributed by atoms with Gasteiger partial charge in [0.05, 0.1) is 11.6 Å². The van der Waals surface area contributed by atoms with Gasteiger partial charge in [-0.15, -0.1) is 0 Å². The second-order valence-corrected chi connectivity index (χ2v) is 6.10. The highest BCUT2D eigenvalue weighted by molar-refractivity contribution is 5.25. The normalized spacial score (nSPS) is 27.6. The van der Waals surface area contributed by atoms with Gasteiger partial charge in [0.25, 0.3) is 0 Å². The lowest BCUT2D eigenvalue weighted by Crippen LogP contribution is -2.47. The van der Waals surface area contributed by atoms with Crippen molar-refractivity contribution in [2.45, 2.75) is 51.2 Å². The van der Waals surface area contributed by atoms with Gasteiger partial charge in [-0.05, 0) is 63.3 Å². The molecule has 1 aliphatic rings. The van der Waals surface area contributed by atoms with Gasteiger partial charge in [0.1, 0.15) is 11.6 Å². The predicted octanol–water partition coefficient (Wildman–Crippen LogP) is 4.21. The standard InChI is InChI=1S/C17H25F2NO/c1-4-21-17(7-5-12(2)6-8-17)16(20-3)13-9-14(18)11-15(19)10-13/h9-12,16,20H,4-8H2,1-3H3. The Bertz CT molecular complexity index is 450. The smallest absolute Gasteiger partial charge is 0.126 e. The molecule has 118 valence electrons. The molecule has 1 unspecified atom stereocenters. The van der Waals surface area contributed by atoms with Crippen LogP contribution < -0.4 is 5.32 Å². The van der Waals surface area contributed by atoms with E-state index in [1.807, 2.05) is 14.0 Å². The summed E-state index contributed by atoms with van der Waals surface area (Å²) in [5, 5.41) is 3.22. The Morgan fingerprint density at radius 2 is 1.81 bits per heavy atom. The zero-order valence-electron chi connectivity index (χ0n) is 13.1. The molecule has 0 bridgehead atoms. The summed E-state index contributed by atoms with van der Waals surface area (Å²) >= 11 is 0. The van der Waals surface area contributed by atoms with Crippen molar-refractivity contribution in [3.63, 3.8) is 0 Å². The highest BCUT2D eigenvalue weighted by Gasteiger charge is 2.42. The third kappa shape index (κ3) is 3.61. The van der Waals surface area contributed by atoms with E-state index < -0.39 is 11.6 Å². The molecule has 0 amide bonds. The van der Waals surface area contributed by atoms with Crippen LogP contribution in [-0.4, -0.2) is 19.3 Å². The Balaban J connectivity index is 2.35. The number of hydrogen-bond donors (Lipinski definition) is 1. The molecule has 4 heteroatoms. The van der Waals surface area contributed by atoms with Gasteiger partial charge in [0, 0.05) is 12.7 Å². The maximum atomic E-state index is 13.6. The Labute approximate surface area is 125 Å². The average Bonchev–Trinajstić information content (AvgIpc) is 2.42. The molecular weight excluding hydrogens is 272 g/mol. The summed E-state index contributed by atoms with van der Waals surface area (Å²) in [5.41, 5.74) is 0.244. The first kappa shape index (κ1) is 16.4. The summed E-state index contributed by atoms with van der Waals surface area (Å²) < 4.78 is 33.2. The van der Waals surface area contributed by atoms with E-state index in [1.165, 1.54) is 12.1 Å². The molecule has 0 radical (unpaired) electrons. The summed E-state index contributed by atoms with van der Waals surface area (Å²) in [7, 11) is 1.83. The van der Waals surface area contributed by atoms with E-state index in [2.05, 4.69) is 12.2 Å². The van der Waals surface area contributed by atoms with E-state index in [0.717, 1.165) is 31.7 Å². The first-order chi connectivity index (χ1) is 10.0. The van der Waals surface area contributed by atoms with Gasteiger partial charge in [0.2, 0.25) is 0 Å². The Hall–Kier alpha value is -1.00. The van der Waals surface area contributed by atoms with Gasteiger partial charge in [0.15, 0.2) is 0 Å². The number of benzene rings is 1. The van der Waals surface area contributed by atoms with E-state index in [1.54, 1.807) is 0 Å². The maximum Gasteiger partial charge on any atom is 0.126 e. The average molecular weight is 297 g/mol. The molecule has 1 aliphatic carbocycles. The summed E-state index contributed by atoms with van der Waals surface area (Å²) in [4.78, 5) is 0. The minimum atomic E-state index is -0.541. The van der Waals surface area contributed by atoms with Gasteiger partial charge in [-0.2, -0.15) is 0 Å². The number of rotatable bonds is 5. The zero-order chi connectivity index (χ0) is 15.5. The molecule has 2 nitrogen and oxygen atoms in total. The molecule has 2 rings (SSSR count). The van der Waals surface area contributed by atoms with Gasteiger partial charge in [-0.25, -0.2) is 8.78 Å². The lowest BCUT2D eigenvalue weighted by molar-refractivity contribution is -0.0963. The van der Waals surface area contributed by atoms with Crippen LogP contribution in [0, 0.1) is 17.6 Å². The number of likely N-dealkylation sites (N-methyl/N-ethyl adjacent to an activating group) is 1. The van der Waals surface area contributed by atoms with Gasteiger partial charge < -0.3 is 10.1 Å². The van der Waals surface area contributed by atoms with Gasteiger partial charge >= 0.3 is 0 Å². The minimum absolute atomic E-state index is 0.199. The van der Waals surface area contributed by atoms with Gasteiger partial charge in [-0.3, -0.25) is 0 Å². The third-order valence-electron chi connectivity index (χ3n) is 4.59. The molecule has 1 aromatic rings. The first-order valence-corrected chi connectivity index (χ1v) is 7.78. The number of hydrogen-bond acceptors (Lipinski definition) is 2. The van der Waals surface area contributed by atoms with Crippen LogP contribution in [0.15, 0.2) is 18.2 Å². The minimum Gasteiger partial charge on any atom is -0.373 e. The lowest BCUT2D eigenvalue weighted by atomic mass is 9.73. The van der Waals surface area contributed by atoms with E-state index in [9.17, 15) is 8.78 Å². The maximum absolute atomic E-state index is 13.6. The molecule has 1 atom stereocenters. The van der Waals surface area contributed by atoms with Crippen molar-refractivity contribution in [3.8, 4) is 0 Å². The van der Waals surface area contributed by atoms with Crippen molar-refractivity contribution in [1.82, 2.24) is 5.32 Å². The number of nitrogens with one attached hydrogen (secondary N) is 1. The van der Waals surface area contributed by atoms with Gasteiger partial charge in [-0.1, -0.05) is 6.92 Å².